The third-order valence-electron chi connectivity index (χ3n) is 4.95. The number of hydrazone groups is 1. The molecule has 0 spiro atoms. The van der Waals surface area contributed by atoms with Crippen LogP contribution in [0.15, 0.2) is 76.8 Å². The van der Waals surface area contributed by atoms with Crippen molar-refractivity contribution in [2.75, 3.05) is 18.0 Å². The van der Waals surface area contributed by atoms with Gasteiger partial charge in [0.15, 0.2) is 5.71 Å². The second kappa shape index (κ2) is 7.64. The number of hydrogen-bond acceptors (Lipinski definition) is 4. The minimum absolute atomic E-state index is 0.282. The lowest BCUT2D eigenvalue weighted by molar-refractivity contribution is -0.114. The summed E-state index contributed by atoms with van der Waals surface area (Å²) >= 11 is 0. The molecule has 0 aromatic heterocycles. The Labute approximate surface area is 164 Å². The van der Waals surface area contributed by atoms with Crippen molar-refractivity contribution in [2.24, 2.45) is 10.1 Å². The Balaban J connectivity index is 1.67. The van der Waals surface area contributed by atoms with Gasteiger partial charge in [-0.2, -0.15) is 5.10 Å². The molecule has 0 saturated carbocycles. The summed E-state index contributed by atoms with van der Waals surface area (Å²) in [6.07, 6.45) is 0. The van der Waals surface area contributed by atoms with Crippen molar-refractivity contribution >= 4 is 39.5 Å². The maximum absolute atomic E-state index is 12.3. The molecule has 3 aromatic carbocycles. The first-order valence-corrected chi connectivity index (χ1v) is 9.51. The van der Waals surface area contributed by atoms with E-state index in [0.29, 0.717) is 11.4 Å². The fourth-order valence-corrected chi connectivity index (χ4v) is 3.42. The van der Waals surface area contributed by atoms with Crippen molar-refractivity contribution in [3.05, 3.63) is 72.3 Å². The number of aliphatic imine (C=N–C) groups is 1. The monoisotopic (exact) mass is 370 g/mol. The van der Waals surface area contributed by atoms with Crippen LogP contribution in [0.25, 0.3) is 10.8 Å². The van der Waals surface area contributed by atoms with E-state index in [1.807, 2.05) is 60.7 Å². The van der Waals surface area contributed by atoms with Gasteiger partial charge in [-0.05, 0) is 55.0 Å². The summed E-state index contributed by atoms with van der Waals surface area (Å²) in [5, 5.41) is 6.47. The van der Waals surface area contributed by atoms with Crippen molar-refractivity contribution in [1.29, 1.82) is 0 Å². The van der Waals surface area contributed by atoms with Crippen LogP contribution in [0, 0.1) is 0 Å². The summed E-state index contributed by atoms with van der Waals surface area (Å²) in [6.45, 7) is 6.16. The van der Waals surface area contributed by atoms with Gasteiger partial charge < -0.3 is 4.90 Å². The number of hydrogen-bond donors (Lipinski definition) is 1. The van der Waals surface area contributed by atoms with E-state index in [0.717, 1.165) is 40.8 Å². The Bertz CT molecular complexity index is 1080. The average molecular weight is 370 g/mol. The molecule has 5 nitrogen and oxygen atoms in total. The molecule has 3 aromatic rings. The highest BCUT2D eigenvalue weighted by atomic mass is 16.2. The van der Waals surface area contributed by atoms with Gasteiger partial charge in [0.1, 0.15) is 5.71 Å². The number of benzene rings is 3. The topological polar surface area (TPSA) is 57.1 Å². The first-order chi connectivity index (χ1) is 13.7. The quantitative estimate of drug-likeness (QED) is 0.728. The van der Waals surface area contributed by atoms with Gasteiger partial charge in [-0.15, -0.1) is 0 Å². The highest BCUT2D eigenvalue weighted by Crippen LogP contribution is 2.22. The third kappa shape index (κ3) is 3.39. The molecule has 0 atom stereocenters. The highest BCUT2D eigenvalue weighted by Gasteiger charge is 2.26. The van der Waals surface area contributed by atoms with Crippen LogP contribution in [0.3, 0.4) is 0 Å². The fraction of sp³-hybridized carbons (Fsp3) is 0.174. The molecule has 1 heterocycles. The maximum Gasteiger partial charge on any atom is 0.292 e. The van der Waals surface area contributed by atoms with Gasteiger partial charge in [0.05, 0.1) is 5.69 Å². The molecule has 140 valence electrons. The second-order valence-corrected chi connectivity index (χ2v) is 6.61. The molecule has 1 amide bonds. The van der Waals surface area contributed by atoms with Crippen LogP contribution in [-0.2, 0) is 4.79 Å². The lowest BCUT2D eigenvalue weighted by Gasteiger charge is -2.20. The van der Waals surface area contributed by atoms with Crippen molar-refractivity contribution in [1.82, 2.24) is 5.43 Å². The number of carbonyl (C=O) groups excluding carboxylic acids is 1. The van der Waals surface area contributed by atoms with Crippen LogP contribution in [0.4, 0.5) is 11.4 Å². The van der Waals surface area contributed by atoms with E-state index in [1.165, 1.54) is 0 Å². The van der Waals surface area contributed by atoms with Gasteiger partial charge >= 0.3 is 0 Å². The zero-order chi connectivity index (χ0) is 19.5. The molecular formula is C23H22N4O. The molecule has 0 unspecified atom stereocenters. The SMILES string of the molecule is CCN(CC)c1ccc(N=C2C(=O)NN=C2c2ccc3ccccc3c2)cc1. The molecule has 1 aliphatic heterocycles. The minimum atomic E-state index is -0.282. The van der Waals surface area contributed by atoms with Gasteiger partial charge in [-0.1, -0.05) is 36.4 Å². The van der Waals surface area contributed by atoms with Crippen LogP contribution in [0.5, 0.6) is 0 Å². The lowest BCUT2D eigenvalue weighted by atomic mass is 10.0. The number of nitrogens with zero attached hydrogens (tertiary/aromatic N) is 3. The second-order valence-electron chi connectivity index (χ2n) is 6.61. The molecule has 0 saturated heterocycles. The van der Waals surface area contributed by atoms with Gasteiger partial charge in [0.25, 0.3) is 5.91 Å². The molecule has 28 heavy (non-hydrogen) atoms. The van der Waals surface area contributed by atoms with E-state index in [9.17, 15) is 4.79 Å². The zero-order valence-corrected chi connectivity index (χ0v) is 16.0. The Morgan fingerprint density at radius 3 is 2.36 bits per heavy atom. The van der Waals surface area contributed by atoms with E-state index in [1.54, 1.807) is 0 Å². The Hall–Kier alpha value is -3.47. The standard InChI is InChI=1S/C23H22N4O/c1-3-27(4-2)20-13-11-19(12-14-20)24-22-21(25-26-23(22)28)18-10-9-16-7-5-6-8-17(16)15-18/h5-15H,3-4H2,1-2H3,(H,24,26,28). The Morgan fingerprint density at radius 1 is 0.929 bits per heavy atom. The van der Waals surface area contributed by atoms with Gasteiger partial charge in [-0.25, -0.2) is 10.4 Å². The van der Waals surface area contributed by atoms with Crippen molar-refractivity contribution in [2.45, 2.75) is 13.8 Å². The summed E-state index contributed by atoms with van der Waals surface area (Å²) in [5.41, 5.74) is 6.21. The van der Waals surface area contributed by atoms with E-state index in [-0.39, 0.29) is 5.91 Å². The van der Waals surface area contributed by atoms with Crippen LogP contribution < -0.4 is 10.3 Å². The molecule has 0 bridgehead atoms. The minimum Gasteiger partial charge on any atom is -0.372 e. The largest absolute Gasteiger partial charge is 0.372 e. The predicted octanol–water partition coefficient (Wildman–Crippen LogP) is 4.29. The maximum atomic E-state index is 12.3. The first-order valence-electron chi connectivity index (χ1n) is 9.51. The number of rotatable bonds is 5. The number of carbonyl (C=O) groups is 1. The van der Waals surface area contributed by atoms with Crippen LogP contribution in [-0.4, -0.2) is 30.4 Å². The van der Waals surface area contributed by atoms with Crippen molar-refractivity contribution < 1.29 is 4.79 Å². The van der Waals surface area contributed by atoms with E-state index in [4.69, 9.17) is 0 Å². The Morgan fingerprint density at radius 2 is 1.64 bits per heavy atom. The zero-order valence-electron chi connectivity index (χ0n) is 16.0. The van der Waals surface area contributed by atoms with E-state index < -0.39 is 0 Å². The van der Waals surface area contributed by atoms with E-state index in [2.05, 4.69) is 40.3 Å². The number of nitrogens with one attached hydrogen (secondary N) is 1. The number of amides is 1. The normalized spacial score (nSPS) is 15.0. The lowest BCUT2D eigenvalue weighted by Crippen LogP contribution is -2.23. The number of anilines is 1. The average Bonchev–Trinajstić information content (AvgIpc) is 3.10. The summed E-state index contributed by atoms with van der Waals surface area (Å²) in [4.78, 5) is 19.2. The molecule has 1 N–H and O–H groups in total. The van der Waals surface area contributed by atoms with Gasteiger partial charge in [0, 0.05) is 24.3 Å². The molecule has 0 aliphatic carbocycles. The van der Waals surface area contributed by atoms with Crippen LogP contribution in [0.1, 0.15) is 19.4 Å². The summed E-state index contributed by atoms with van der Waals surface area (Å²) < 4.78 is 0. The van der Waals surface area contributed by atoms with Crippen LogP contribution in [0.2, 0.25) is 0 Å². The highest BCUT2D eigenvalue weighted by molar-refractivity contribution is 6.72. The fourth-order valence-electron chi connectivity index (χ4n) is 3.42. The number of fused-ring (bicyclic) bond motifs is 1. The Kier molecular flexibility index (Phi) is 4.89. The smallest absolute Gasteiger partial charge is 0.292 e. The molecule has 5 heteroatoms. The summed E-state index contributed by atoms with van der Waals surface area (Å²) in [5.74, 6) is -0.282. The molecular weight excluding hydrogens is 348 g/mol. The molecule has 4 rings (SSSR count). The molecule has 0 fully saturated rings. The van der Waals surface area contributed by atoms with Crippen LogP contribution >= 0.6 is 0 Å². The summed E-state index contributed by atoms with van der Waals surface area (Å²) in [6, 6.07) is 22.1. The predicted molar refractivity (Wildman–Crippen MR) is 116 cm³/mol. The first kappa shape index (κ1) is 17.9. The molecule has 0 radical (unpaired) electrons. The van der Waals surface area contributed by atoms with Crippen molar-refractivity contribution in [3.8, 4) is 0 Å². The van der Waals surface area contributed by atoms with E-state index >= 15 is 0 Å². The molecule has 1 aliphatic rings. The van der Waals surface area contributed by atoms with Gasteiger partial charge in [0.2, 0.25) is 0 Å². The third-order valence-corrected chi connectivity index (χ3v) is 4.95. The van der Waals surface area contributed by atoms with Gasteiger partial charge in [-0.3, -0.25) is 4.79 Å². The summed E-state index contributed by atoms with van der Waals surface area (Å²) in [7, 11) is 0. The van der Waals surface area contributed by atoms with Crippen molar-refractivity contribution in [3.63, 3.8) is 0 Å².